The molecule has 1 amide bonds. The molecule has 1 aliphatic heterocycles. The summed E-state index contributed by atoms with van der Waals surface area (Å²) in [7, 11) is 0. The molecule has 1 heterocycles. The first-order chi connectivity index (χ1) is 7.13. The SMILES string of the molecule is CC(C)[C@H](N)C(=O)N1CCCCCCC1. The molecule has 0 aromatic rings. The Kier molecular flexibility index (Phi) is 5.09. The third-order valence-electron chi connectivity index (χ3n) is 3.17. The third-order valence-corrected chi connectivity index (χ3v) is 3.17. The summed E-state index contributed by atoms with van der Waals surface area (Å²) in [6.07, 6.45) is 6.09. The molecule has 0 spiro atoms. The molecule has 0 saturated carbocycles. The Hall–Kier alpha value is -0.570. The van der Waals surface area contributed by atoms with E-state index in [1.807, 2.05) is 18.7 Å². The van der Waals surface area contributed by atoms with Crippen molar-refractivity contribution in [2.24, 2.45) is 11.7 Å². The second kappa shape index (κ2) is 6.11. The first kappa shape index (κ1) is 12.5. The van der Waals surface area contributed by atoms with Crippen molar-refractivity contribution in [3.63, 3.8) is 0 Å². The van der Waals surface area contributed by atoms with Crippen molar-refractivity contribution in [2.75, 3.05) is 13.1 Å². The van der Waals surface area contributed by atoms with Crippen LogP contribution in [-0.4, -0.2) is 29.9 Å². The number of amides is 1. The molecule has 0 aromatic carbocycles. The molecule has 0 aliphatic carbocycles. The van der Waals surface area contributed by atoms with Crippen molar-refractivity contribution in [2.45, 2.75) is 52.0 Å². The number of hydrogen-bond donors (Lipinski definition) is 1. The van der Waals surface area contributed by atoms with E-state index in [0.717, 1.165) is 25.9 Å². The second-order valence-corrected chi connectivity index (χ2v) is 4.86. The number of rotatable bonds is 2. The highest BCUT2D eigenvalue weighted by molar-refractivity contribution is 5.81. The average Bonchev–Trinajstić information content (AvgIpc) is 2.15. The summed E-state index contributed by atoms with van der Waals surface area (Å²) in [5.41, 5.74) is 5.89. The summed E-state index contributed by atoms with van der Waals surface area (Å²) in [6, 6.07) is -0.315. The molecule has 88 valence electrons. The molecule has 3 heteroatoms. The van der Waals surface area contributed by atoms with Crippen molar-refractivity contribution < 1.29 is 4.79 Å². The Labute approximate surface area is 93.0 Å². The molecule has 1 saturated heterocycles. The van der Waals surface area contributed by atoms with E-state index in [1.54, 1.807) is 0 Å². The van der Waals surface area contributed by atoms with Gasteiger partial charge in [-0.05, 0) is 18.8 Å². The predicted molar refractivity (Wildman–Crippen MR) is 62.5 cm³/mol. The predicted octanol–water partition coefficient (Wildman–Crippen LogP) is 1.76. The van der Waals surface area contributed by atoms with Crippen molar-refractivity contribution >= 4 is 5.91 Å². The lowest BCUT2D eigenvalue weighted by Gasteiger charge is -2.28. The Bertz CT molecular complexity index is 196. The molecule has 0 unspecified atom stereocenters. The van der Waals surface area contributed by atoms with Crippen LogP contribution in [0.1, 0.15) is 46.0 Å². The lowest BCUT2D eigenvalue weighted by Crippen LogP contribution is -2.47. The Balaban J connectivity index is 2.48. The van der Waals surface area contributed by atoms with Crippen LogP contribution in [0.25, 0.3) is 0 Å². The second-order valence-electron chi connectivity index (χ2n) is 4.86. The molecule has 1 atom stereocenters. The van der Waals surface area contributed by atoms with Gasteiger partial charge in [-0.2, -0.15) is 0 Å². The van der Waals surface area contributed by atoms with Crippen molar-refractivity contribution in [1.29, 1.82) is 0 Å². The minimum absolute atomic E-state index is 0.145. The average molecular weight is 212 g/mol. The first-order valence-corrected chi connectivity index (χ1v) is 6.17. The van der Waals surface area contributed by atoms with E-state index in [1.165, 1.54) is 19.3 Å². The summed E-state index contributed by atoms with van der Waals surface area (Å²) in [6.45, 7) is 5.82. The summed E-state index contributed by atoms with van der Waals surface area (Å²) >= 11 is 0. The van der Waals surface area contributed by atoms with Crippen molar-refractivity contribution in [3.05, 3.63) is 0 Å². The smallest absolute Gasteiger partial charge is 0.239 e. The topological polar surface area (TPSA) is 46.3 Å². The van der Waals surface area contributed by atoms with Gasteiger partial charge in [0, 0.05) is 13.1 Å². The highest BCUT2D eigenvalue weighted by Crippen LogP contribution is 2.12. The van der Waals surface area contributed by atoms with Crippen LogP contribution in [0.15, 0.2) is 0 Å². The third kappa shape index (κ3) is 3.82. The van der Waals surface area contributed by atoms with Crippen molar-refractivity contribution in [1.82, 2.24) is 4.90 Å². The van der Waals surface area contributed by atoms with Crippen LogP contribution < -0.4 is 5.73 Å². The number of hydrogen-bond acceptors (Lipinski definition) is 2. The molecule has 3 nitrogen and oxygen atoms in total. The molecular formula is C12H24N2O. The summed E-state index contributed by atoms with van der Waals surface area (Å²) in [5, 5.41) is 0. The zero-order valence-electron chi connectivity index (χ0n) is 10.0. The van der Waals surface area contributed by atoms with E-state index in [9.17, 15) is 4.79 Å². The maximum atomic E-state index is 12.0. The zero-order chi connectivity index (χ0) is 11.3. The van der Waals surface area contributed by atoms with E-state index in [4.69, 9.17) is 5.73 Å². The highest BCUT2D eigenvalue weighted by atomic mass is 16.2. The highest BCUT2D eigenvalue weighted by Gasteiger charge is 2.23. The summed E-state index contributed by atoms with van der Waals surface area (Å²) in [4.78, 5) is 14.0. The Morgan fingerprint density at radius 3 is 2.00 bits per heavy atom. The lowest BCUT2D eigenvalue weighted by molar-refractivity contribution is -0.133. The zero-order valence-corrected chi connectivity index (χ0v) is 10.0. The lowest BCUT2D eigenvalue weighted by atomic mass is 10.0. The van der Waals surface area contributed by atoms with E-state index in [-0.39, 0.29) is 17.9 Å². The quantitative estimate of drug-likeness (QED) is 0.758. The van der Waals surface area contributed by atoms with Gasteiger partial charge in [-0.1, -0.05) is 33.1 Å². The molecule has 15 heavy (non-hydrogen) atoms. The van der Waals surface area contributed by atoms with Gasteiger partial charge >= 0.3 is 0 Å². The maximum Gasteiger partial charge on any atom is 0.239 e. The maximum absolute atomic E-state index is 12.0. The van der Waals surface area contributed by atoms with Gasteiger partial charge < -0.3 is 10.6 Å². The summed E-state index contributed by atoms with van der Waals surface area (Å²) < 4.78 is 0. The normalized spacial score (nSPS) is 20.9. The van der Waals surface area contributed by atoms with Gasteiger partial charge in [0.1, 0.15) is 0 Å². The molecule has 0 bridgehead atoms. The van der Waals surface area contributed by atoms with Gasteiger partial charge in [0.05, 0.1) is 6.04 Å². The number of carbonyl (C=O) groups excluding carboxylic acids is 1. The van der Waals surface area contributed by atoms with E-state index in [2.05, 4.69) is 0 Å². The molecule has 1 aliphatic rings. The number of nitrogens with two attached hydrogens (primary N) is 1. The van der Waals surface area contributed by atoms with Crippen LogP contribution in [0.2, 0.25) is 0 Å². The standard InChI is InChI=1S/C12H24N2O/c1-10(2)11(13)12(15)14-8-6-4-3-5-7-9-14/h10-11H,3-9,13H2,1-2H3/t11-/m0/s1. The van der Waals surface area contributed by atoms with Crippen LogP contribution in [-0.2, 0) is 4.79 Å². The van der Waals surface area contributed by atoms with Gasteiger partial charge in [-0.25, -0.2) is 0 Å². The molecule has 1 fully saturated rings. The fourth-order valence-electron chi connectivity index (χ4n) is 1.96. The van der Waals surface area contributed by atoms with Crippen LogP contribution in [0.5, 0.6) is 0 Å². The number of carbonyl (C=O) groups is 1. The van der Waals surface area contributed by atoms with Gasteiger partial charge in [0.2, 0.25) is 5.91 Å². The van der Waals surface area contributed by atoms with Gasteiger partial charge in [-0.3, -0.25) is 4.79 Å². The summed E-state index contributed by atoms with van der Waals surface area (Å²) in [5.74, 6) is 0.384. The van der Waals surface area contributed by atoms with Gasteiger partial charge in [0.25, 0.3) is 0 Å². The fourth-order valence-corrected chi connectivity index (χ4v) is 1.96. The number of likely N-dealkylation sites (tertiary alicyclic amines) is 1. The molecule has 0 aromatic heterocycles. The van der Waals surface area contributed by atoms with E-state index in [0.29, 0.717) is 0 Å². The molecule has 2 N–H and O–H groups in total. The van der Waals surface area contributed by atoms with Gasteiger partial charge in [-0.15, -0.1) is 0 Å². The first-order valence-electron chi connectivity index (χ1n) is 6.17. The van der Waals surface area contributed by atoms with Crippen LogP contribution in [0.3, 0.4) is 0 Å². The molecule has 1 rings (SSSR count). The van der Waals surface area contributed by atoms with Crippen LogP contribution in [0, 0.1) is 5.92 Å². The molecule has 0 radical (unpaired) electrons. The largest absolute Gasteiger partial charge is 0.341 e. The van der Waals surface area contributed by atoms with Crippen LogP contribution >= 0.6 is 0 Å². The fraction of sp³-hybridized carbons (Fsp3) is 0.917. The molecular weight excluding hydrogens is 188 g/mol. The van der Waals surface area contributed by atoms with E-state index >= 15 is 0 Å². The van der Waals surface area contributed by atoms with E-state index < -0.39 is 0 Å². The minimum Gasteiger partial charge on any atom is -0.341 e. The Morgan fingerprint density at radius 2 is 1.53 bits per heavy atom. The van der Waals surface area contributed by atoms with Crippen LogP contribution in [0.4, 0.5) is 0 Å². The monoisotopic (exact) mass is 212 g/mol. The van der Waals surface area contributed by atoms with Crippen molar-refractivity contribution in [3.8, 4) is 0 Å². The van der Waals surface area contributed by atoms with Gasteiger partial charge in [0.15, 0.2) is 0 Å². The number of nitrogens with zero attached hydrogens (tertiary/aromatic N) is 1. The Morgan fingerprint density at radius 1 is 1.07 bits per heavy atom. The minimum atomic E-state index is -0.315.